The number of nitrogens with one attached hydrogen (secondary N) is 2. The number of H-pyrrole nitrogens is 1. The molecule has 1 aliphatic carbocycles. The van der Waals surface area contributed by atoms with Crippen LogP contribution in [0.1, 0.15) is 52.8 Å². The minimum atomic E-state index is -0.820. The first-order valence-corrected chi connectivity index (χ1v) is 13.4. The summed E-state index contributed by atoms with van der Waals surface area (Å²) in [6.07, 6.45) is 12.3. The van der Waals surface area contributed by atoms with Gasteiger partial charge in [0.1, 0.15) is 5.82 Å². The van der Waals surface area contributed by atoms with E-state index in [4.69, 9.17) is 0 Å². The van der Waals surface area contributed by atoms with E-state index in [2.05, 4.69) is 30.6 Å². The minimum absolute atomic E-state index is 0.0282. The minimum Gasteiger partial charge on any atom is -0.357 e. The second kappa shape index (κ2) is 10.8. The average molecular weight is 546 g/mol. The van der Waals surface area contributed by atoms with Gasteiger partial charge in [-0.15, -0.1) is 5.10 Å². The van der Waals surface area contributed by atoms with Gasteiger partial charge < -0.3 is 20.1 Å². The van der Waals surface area contributed by atoms with Gasteiger partial charge in [-0.2, -0.15) is 0 Å². The molecule has 2 aliphatic rings. The maximum Gasteiger partial charge on any atom is 0.295 e. The highest BCUT2D eigenvalue weighted by molar-refractivity contribution is 6.45. The van der Waals surface area contributed by atoms with Gasteiger partial charge in [-0.05, 0) is 25.0 Å². The molecule has 1 saturated heterocycles. The molecule has 5 heterocycles. The fraction of sp³-hybridized carbons (Fsp3) is 0.370. The first kappa shape index (κ1) is 25.6. The quantitative estimate of drug-likeness (QED) is 0.278. The molecule has 0 spiro atoms. The second-order valence-corrected chi connectivity index (χ2v) is 10.0. The molecule has 0 radical (unpaired) electrons. The van der Waals surface area contributed by atoms with Crippen molar-refractivity contribution in [2.24, 2.45) is 0 Å². The van der Waals surface area contributed by atoms with Gasteiger partial charge in [-0.1, -0.05) is 24.5 Å². The number of hydrogen-bond acceptors (Lipinski definition) is 8. The smallest absolute Gasteiger partial charge is 0.295 e. The van der Waals surface area contributed by atoms with Gasteiger partial charge in [-0.3, -0.25) is 14.4 Å². The number of carbonyl (C=O) groups is 3. The van der Waals surface area contributed by atoms with E-state index in [1.165, 1.54) is 28.4 Å². The van der Waals surface area contributed by atoms with E-state index in [1.54, 1.807) is 24.5 Å². The summed E-state index contributed by atoms with van der Waals surface area (Å²) >= 11 is 0. The number of nitrogens with zero attached hydrogens (tertiary/aromatic N) is 7. The molecule has 1 saturated carbocycles. The maximum absolute atomic E-state index is 14.8. The molecule has 6 rings (SSSR count). The number of rotatable bonds is 6. The lowest BCUT2D eigenvalue weighted by molar-refractivity contribution is -0.126. The van der Waals surface area contributed by atoms with E-state index in [0.29, 0.717) is 24.5 Å². The number of amides is 2. The van der Waals surface area contributed by atoms with Gasteiger partial charge in [-0.25, -0.2) is 19.0 Å². The van der Waals surface area contributed by atoms with Crippen LogP contribution in [0.15, 0.2) is 43.1 Å². The number of aromatic nitrogens is 6. The van der Waals surface area contributed by atoms with E-state index >= 15 is 0 Å². The number of carbonyl (C=O) groups excluding carboxylic acids is 3. The number of fused-ring (bicyclic) bond motifs is 1. The Balaban J connectivity index is 1.15. The first-order valence-electron chi connectivity index (χ1n) is 13.4. The SMILES string of the molecule is O=C(NC1CCCCC1)c1cccnc1N1CCN(C(=O)C(=O)c2c[nH]c3c(-n4ccnn4)ncc(F)c23)CC1. The summed E-state index contributed by atoms with van der Waals surface area (Å²) in [4.78, 5) is 54.3. The fourth-order valence-corrected chi connectivity index (χ4v) is 5.49. The maximum atomic E-state index is 14.8. The standard InChI is InChI=1S/C27H28FN9O3/c28-20-16-31-25(37-10-9-32-34-37)22-21(20)19(15-30-22)23(38)27(40)36-13-11-35(12-14-36)24-18(7-4-8-29-24)26(39)33-17-5-2-1-3-6-17/h4,7-10,15-17,30H,1-3,5-6,11-14H2,(H,33,39). The van der Waals surface area contributed by atoms with Gasteiger partial charge in [0.05, 0.1) is 40.6 Å². The van der Waals surface area contributed by atoms with Crippen molar-refractivity contribution < 1.29 is 18.8 Å². The summed E-state index contributed by atoms with van der Waals surface area (Å²) in [7, 11) is 0. The summed E-state index contributed by atoms with van der Waals surface area (Å²) in [5.41, 5.74) is 0.658. The summed E-state index contributed by atoms with van der Waals surface area (Å²) in [5.74, 6) is -1.61. The number of hydrogen-bond donors (Lipinski definition) is 2. The Hall–Kier alpha value is -4.68. The lowest BCUT2D eigenvalue weighted by Crippen LogP contribution is -2.51. The van der Waals surface area contributed by atoms with Gasteiger partial charge in [0.2, 0.25) is 0 Å². The van der Waals surface area contributed by atoms with Crippen LogP contribution in [-0.4, -0.2) is 84.7 Å². The molecule has 2 N–H and O–H groups in total. The summed E-state index contributed by atoms with van der Waals surface area (Å²) in [6.45, 7) is 1.29. The van der Waals surface area contributed by atoms with Crippen LogP contribution in [0.25, 0.3) is 16.7 Å². The van der Waals surface area contributed by atoms with E-state index in [-0.39, 0.29) is 47.3 Å². The number of pyridine rings is 2. The van der Waals surface area contributed by atoms with Crippen LogP contribution in [-0.2, 0) is 4.79 Å². The summed E-state index contributed by atoms with van der Waals surface area (Å²) in [5, 5.41) is 10.7. The molecule has 206 valence electrons. The van der Waals surface area contributed by atoms with Crippen LogP contribution >= 0.6 is 0 Å². The molecule has 4 aromatic heterocycles. The lowest BCUT2D eigenvalue weighted by atomic mass is 9.95. The Morgan fingerprint density at radius 2 is 1.77 bits per heavy atom. The van der Waals surface area contributed by atoms with Crippen LogP contribution in [0.5, 0.6) is 0 Å². The Labute approximate surface area is 228 Å². The molecule has 13 heteroatoms. The Bertz CT molecular complexity index is 1550. The van der Waals surface area contributed by atoms with Crippen LogP contribution in [0.2, 0.25) is 0 Å². The topological polar surface area (TPSA) is 142 Å². The molecule has 2 amide bonds. The van der Waals surface area contributed by atoms with Crippen molar-refractivity contribution in [1.29, 1.82) is 0 Å². The highest BCUT2D eigenvalue weighted by atomic mass is 19.1. The molecule has 0 atom stereocenters. The Morgan fingerprint density at radius 1 is 0.975 bits per heavy atom. The number of halogens is 1. The molecule has 1 aliphatic heterocycles. The van der Waals surface area contributed by atoms with Crippen molar-refractivity contribution in [3.05, 3.63) is 60.1 Å². The Morgan fingerprint density at radius 3 is 2.52 bits per heavy atom. The largest absolute Gasteiger partial charge is 0.357 e. The van der Waals surface area contributed by atoms with Crippen LogP contribution in [0, 0.1) is 5.82 Å². The monoisotopic (exact) mass is 545 g/mol. The second-order valence-electron chi connectivity index (χ2n) is 10.0. The Kier molecular flexibility index (Phi) is 6.93. The molecule has 2 fully saturated rings. The van der Waals surface area contributed by atoms with Gasteiger partial charge in [0, 0.05) is 44.6 Å². The number of anilines is 1. The zero-order valence-electron chi connectivity index (χ0n) is 21.7. The van der Waals surface area contributed by atoms with Crippen molar-refractivity contribution in [2.45, 2.75) is 38.1 Å². The first-order chi connectivity index (χ1) is 19.5. The number of ketones is 1. The van der Waals surface area contributed by atoms with E-state index in [1.807, 2.05) is 4.90 Å². The fourth-order valence-electron chi connectivity index (χ4n) is 5.49. The van der Waals surface area contributed by atoms with Crippen molar-refractivity contribution in [1.82, 2.24) is 40.2 Å². The molecule has 4 aromatic rings. The highest BCUT2D eigenvalue weighted by Gasteiger charge is 2.31. The molecular formula is C27H28FN9O3. The average Bonchev–Trinajstić information content (AvgIpc) is 3.69. The zero-order valence-corrected chi connectivity index (χ0v) is 21.7. The van der Waals surface area contributed by atoms with Crippen molar-refractivity contribution >= 4 is 34.3 Å². The number of piperazine rings is 1. The number of Topliss-reactive ketones (excluding diaryl/α,β-unsaturated/α-hetero) is 1. The van der Waals surface area contributed by atoms with Crippen molar-refractivity contribution in [3.63, 3.8) is 0 Å². The number of aromatic amines is 1. The van der Waals surface area contributed by atoms with Crippen molar-refractivity contribution in [3.8, 4) is 5.82 Å². The predicted octanol–water partition coefficient (Wildman–Crippen LogP) is 2.27. The van der Waals surface area contributed by atoms with Gasteiger partial charge in [0.15, 0.2) is 11.6 Å². The van der Waals surface area contributed by atoms with Gasteiger partial charge in [0.25, 0.3) is 17.6 Å². The van der Waals surface area contributed by atoms with E-state index in [0.717, 1.165) is 31.9 Å². The van der Waals surface area contributed by atoms with Crippen LogP contribution < -0.4 is 10.2 Å². The summed E-state index contributed by atoms with van der Waals surface area (Å²) in [6, 6.07) is 3.67. The molecular weight excluding hydrogens is 517 g/mol. The molecule has 0 unspecified atom stereocenters. The molecule has 0 aromatic carbocycles. The predicted molar refractivity (Wildman–Crippen MR) is 143 cm³/mol. The lowest BCUT2D eigenvalue weighted by Gasteiger charge is -2.35. The molecule has 0 bridgehead atoms. The van der Waals surface area contributed by atoms with Gasteiger partial charge >= 0.3 is 0 Å². The normalized spacial score (nSPS) is 16.3. The third-order valence-electron chi connectivity index (χ3n) is 7.56. The highest BCUT2D eigenvalue weighted by Crippen LogP contribution is 2.27. The zero-order chi connectivity index (χ0) is 27.6. The third-order valence-corrected chi connectivity index (χ3v) is 7.56. The van der Waals surface area contributed by atoms with Crippen molar-refractivity contribution in [2.75, 3.05) is 31.1 Å². The van der Waals surface area contributed by atoms with Crippen LogP contribution in [0.4, 0.5) is 10.2 Å². The summed E-state index contributed by atoms with van der Waals surface area (Å²) < 4.78 is 16.1. The van der Waals surface area contributed by atoms with Crippen LogP contribution in [0.3, 0.4) is 0 Å². The van der Waals surface area contributed by atoms with E-state index < -0.39 is 17.5 Å². The molecule has 40 heavy (non-hydrogen) atoms. The molecule has 12 nitrogen and oxygen atoms in total. The third kappa shape index (κ3) is 4.78. The van der Waals surface area contributed by atoms with E-state index in [9.17, 15) is 18.8 Å².